The lowest BCUT2D eigenvalue weighted by molar-refractivity contribution is -0.923. The van der Waals surface area contributed by atoms with Crippen LogP contribution in [0.3, 0.4) is 0 Å². The molecule has 6 nitrogen and oxygen atoms in total. The average Bonchev–Trinajstić information content (AvgIpc) is 2.70. The molecule has 11 heteroatoms. The van der Waals surface area contributed by atoms with E-state index in [4.69, 9.17) is 9.05 Å². The van der Waals surface area contributed by atoms with E-state index >= 15 is 0 Å². The first kappa shape index (κ1) is 26.7. The largest absolute Gasteiger partial charge is 0.756 e. The van der Waals surface area contributed by atoms with E-state index in [1.54, 1.807) is 0 Å². The first-order valence-electron chi connectivity index (χ1n) is 9.69. The van der Waals surface area contributed by atoms with Gasteiger partial charge in [0, 0.05) is 5.56 Å². The number of phosphoric ester groups is 1. The van der Waals surface area contributed by atoms with E-state index in [0.717, 1.165) is 36.3 Å². The fraction of sp³-hybridized carbons (Fsp3) is 0.632. The summed E-state index contributed by atoms with van der Waals surface area (Å²) in [5, 5.41) is 0. The Balaban J connectivity index is 2.51. The normalized spacial score (nSPS) is 15.6. The Kier molecular flexibility index (Phi) is 10.1. The Morgan fingerprint density at radius 1 is 1.07 bits per heavy atom. The fourth-order valence-corrected chi connectivity index (χ4v) is 3.63. The number of alkyl halides is 4. The Morgan fingerprint density at radius 3 is 2.03 bits per heavy atom. The minimum atomic E-state index is -5.26. The van der Waals surface area contributed by atoms with Crippen molar-refractivity contribution < 1.29 is 45.3 Å². The van der Waals surface area contributed by atoms with E-state index in [1.165, 1.54) is 12.1 Å². The van der Waals surface area contributed by atoms with Gasteiger partial charge in [-0.25, -0.2) is 4.39 Å². The first-order chi connectivity index (χ1) is 13.9. The molecule has 0 fully saturated rings. The molecule has 0 aliphatic rings. The maximum Gasteiger partial charge on any atom is 0.427 e. The van der Waals surface area contributed by atoms with Crippen molar-refractivity contribution in [3.05, 3.63) is 35.4 Å². The van der Waals surface area contributed by atoms with Crippen molar-refractivity contribution in [1.82, 2.24) is 0 Å². The van der Waals surface area contributed by atoms with Crippen LogP contribution in [0, 0.1) is 0 Å². The van der Waals surface area contributed by atoms with Crippen LogP contribution < -0.4 is 4.89 Å². The van der Waals surface area contributed by atoms with Crippen molar-refractivity contribution in [2.75, 3.05) is 39.4 Å². The number of rotatable bonds is 13. The van der Waals surface area contributed by atoms with Crippen LogP contribution >= 0.6 is 7.82 Å². The maximum absolute atomic E-state index is 13.1. The molecule has 0 N–H and O–H groups in total. The van der Waals surface area contributed by atoms with E-state index < -0.39 is 31.5 Å². The van der Waals surface area contributed by atoms with E-state index in [0.29, 0.717) is 12.1 Å². The van der Waals surface area contributed by atoms with Gasteiger partial charge in [0.1, 0.15) is 13.2 Å². The van der Waals surface area contributed by atoms with Gasteiger partial charge in [-0.2, -0.15) is 13.2 Å². The first-order valence-corrected chi connectivity index (χ1v) is 11.1. The molecule has 1 aromatic carbocycles. The molecule has 0 saturated carbocycles. The van der Waals surface area contributed by atoms with Crippen LogP contribution in [-0.4, -0.2) is 62.0 Å². The third-order valence-corrected chi connectivity index (χ3v) is 6.22. The van der Waals surface area contributed by atoms with E-state index in [1.807, 2.05) is 20.8 Å². The van der Waals surface area contributed by atoms with Crippen molar-refractivity contribution in [2.45, 2.75) is 39.5 Å². The van der Waals surface area contributed by atoms with Crippen molar-refractivity contribution in [3.8, 4) is 0 Å². The quantitative estimate of drug-likeness (QED) is 0.196. The van der Waals surface area contributed by atoms with Gasteiger partial charge in [0.2, 0.25) is 5.78 Å². The average molecular weight is 457 g/mol. The zero-order valence-corrected chi connectivity index (χ0v) is 18.2. The van der Waals surface area contributed by atoms with Crippen molar-refractivity contribution in [1.29, 1.82) is 0 Å². The topological polar surface area (TPSA) is 75.7 Å². The molecule has 0 amide bonds. The molecule has 0 saturated heterocycles. The number of phosphoric acid groups is 1. The summed E-state index contributed by atoms with van der Waals surface area (Å²) in [7, 11) is -4.49. The number of carbonyl (C=O) groups excluding carboxylic acids is 1. The third kappa shape index (κ3) is 8.07. The van der Waals surface area contributed by atoms with Crippen LogP contribution in [0.1, 0.15) is 36.7 Å². The summed E-state index contributed by atoms with van der Waals surface area (Å²) in [4.78, 5) is 23.3. The third-order valence-electron chi connectivity index (χ3n) is 5.22. The second kappa shape index (κ2) is 11.3. The molecule has 1 aromatic rings. The van der Waals surface area contributed by atoms with E-state index in [9.17, 15) is 31.8 Å². The van der Waals surface area contributed by atoms with Crippen LogP contribution in [0.2, 0.25) is 0 Å². The number of ketones is 1. The Hall–Kier alpha value is -1.32. The molecule has 2 unspecified atom stereocenters. The van der Waals surface area contributed by atoms with Crippen LogP contribution in [0.5, 0.6) is 0 Å². The monoisotopic (exact) mass is 457 g/mol. The lowest BCUT2D eigenvalue weighted by atomic mass is 10.0. The van der Waals surface area contributed by atoms with Crippen LogP contribution in [0.25, 0.3) is 0 Å². The number of quaternary nitrogens is 1. The summed E-state index contributed by atoms with van der Waals surface area (Å²) in [5.41, 5.74) is 0.0827. The number of likely N-dealkylation sites (N-methyl/N-ethyl adjacent to an activating group) is 1. The zero-order valence-electron chi connectivity index (χ0n) is 17.3. The van der Waals surface area contributed by atoms with Gasteiger partial charge in [0.15, 0.2) is 0 Å². The lowest BCUT2D eigenvalue weighted by Gasteiger charge is -2.36. The summed E-state index contributed by atoms with van der Waals surface area (Å²) in [6.07, 6.45) is -8.73. The standard InChI is InChI=1S/C19H28F4NO5P/c1-4-24(5-2,6-3)12-14-29-30(26,27)28-13-11-15-7-9-16(10-8-15)17(25)18(20)19(21,22)23/h7-10,18H,4-6,11-14H2,1-3H3. The second-order valence-corrected chi connectivity index (χ2v) is 8.25. The molecule has 0 heterocycles. The SMILES string of the molecule is CC[N+](CC)(CC)CCOP(=O)([O-])OCCc1ccc(C(=O)C(F)C(F)(F)F)cc1. The summed E-state index contributed by atoms with van der Waals surface area (Å²) < 4.78 is 72.2. The van der Waals surface area contributed by atoms with Gasteiger partial charge < -0.3 is 18.4 Å². The van der Waals surface area contributed by atoms with Crippen LogP contribution in [0.4, 0.5) is 17.6 Å². The number of hydrogen-bond donors (Lipinski definition) is 0. The van der Waals surface area contributed by atoms with Crippen molar-refractivity contribution in [2.24, 2.45) is 0 Å². The summed E-state index contributed by atoms with van der Waals surface area (Å²) in [5.74, 6) is -1.68. The highest BCUT2D eigenvalue weighted by Gasteiger charge is 2.45. The predicted molar refractivity (Wildman–Crippen MR) is 102 cm³/mol. The molecule has 1 rings (SSSR count). The highest BCUT2D eigenvalue weighted by molar-refractivity contribution is 7.45. The predicted octanol–water partition coefficient (Wildman–Crippen LogP) is 3.69. The summed E-state index contributed by atoms with van der Waals surface area (Å²) in [6, 6.07) is 4.74. The molecular formula is C19H28F4NO5P. The molecule has 0 radical (unpaired) electrons. The summed E-state index contributed by atoms with van der Waals surface area (Å²) >= 11 is 0. The van der Waals surface area contributed by atoms with E-state index in [2.05, 4.69) is 0 Å². The number of carbonyl (C=O) groups is 1. The Morgan fingerprint density at radius 2 is 1.57 bits per heavy atom. The summed E-state index contributed by atoms with van der Waals surface area (Å²) in [6.45, 7) is 8.92. The molecule has 0 aromatic heterocycles. The number of benzene rings is 1. The Labute approximate surface area is 174 Å². The van der Waals surface area contributed by atoms with Crippen LogP contribution in [0.15, 0.2) is 24.3 Å². The molecule has 0 aliphatic heterocycles. The fourth-order valence-electron chi connectivity index (χ4n) is 2.93. The van der Waals surface area contributed by atoms with E-state index in [-0.39, 0.29) is 19.6 Å². The molecule has 0 spiro atoms. The number of Topliss-reactive ketones (excluding diaryl/α,β-unsaturated/α-hetero) is 1. The minimum Gasteiger partial charge on any atom is -0.756 e. The van der Waals surface area contributed by atoms with Gasteiger partial charge in [0.05, 0.1) is 26.2 Å². The van der Waals surface area contributed by atoms with Crippen molar-refractivity contribution >= 4 is 13.6 Å². The number of halogens is 4. The van der Waals surface area contributed by atoms with Gasteiger partial charge in [-0.05, 0) is 32.8 Å². The van der Waals surface area contributed by atoms with Gasteiger partial charge in [0.25, 0.3) is 14.0 Å². The second-order valence-electron chi connectivity index (χ2n) is 6.84. The molecule has 30 heavy (non-hydrogen) atoms. The molecule has 2 atom stereocenters. The Bertz CT molecular complexity index is 714. The molecular weight excluding hydrogens is 429 g/mol. The van der Waals surface area contributed by atoms with Crippen LogP contribution in [-0.2, 0) is 20.0 Å². The van der Waals surface area contributed by atoms with Crippen molar-refractivity contribution in [3.63, 3.8) is 0 Å². The van der Waals surface area contributed by atoms with Gasteiger partial charge in [-0.1, -0.05) is 24.3 Å². The number of hydrogen-bond acceptors (Lipinski definition) is 5. The highest BCUT2D eigenvalue weighted by Crippen LogP contribution is 2.38. The number of nitrogens with zero attached hydrogens (tertiary/aromatic N) is 1. The van der Waals surface area contributed by atoms with Gasteiger partial charge >= 0.3 is 6.18 Å². The molecule has 172 valence electrons. The lowest BCUT2D eigenvalue weighted by Crippen LogP contribution is -2.49. The van der Waals surface area contributed by atoms with Gasteiger partial charge in [-0.3, -0.25) is 9.36 Å². The zero-order chi connectivity index (χ0) is 23.0. The van der Waals surface area contributed by atoms with Gasteiger partial charge in [-0.15, -0.1) is 0 Å². The highest BCUT2D eigenvalue weighted by atomic mass is 31.2. The molecule has 0 aliphatic carbocycles. The smallest absolute Gasteiger partial charge is 0.427 e. The molecule has 0 bridgehead atoms. The maximum atomic E-state index is 13.1. The minimum absolute atomic E-state index is 0.00326.